The molecule has 1 N–H and O–H groups in total. The number of nitrogens with one attached hydrogen (secondary N) is 1. The van der Waals surface area contributed by atoms with Gasteiger partial charge in [0.15, 0.2) is 4.47 Å². The van der Waals surface area contributed by atoms with E-state index >= 15 is 0 Å². The van der Waals surface area contributed by atoms with Crippen LogP contribution in [-0.4, -0.2) is 4.98 Å². The quantitative estimate of drug-likeness (QED) is 0.373. The number of hydrogen-bond donors (Lipinski definition) is 1. The number of hydrogen-bond acceptors (Lipinski definition) is 4. The Morgan fingerprint density at radius 3 is 2.18 bits per heavy atom. The summed E-state index contributed by atoms with van der Waals surface area (Å²) >= 11 is 7.35. The highest BCUT2D eigenvalue weighted by Gasteiger charge is 2.02. The largest absolute Gasteiger partial charge is 0.489 e. The third-order valence-electron chi connectivity index (χ3n) is 4.31. The van der Waals surface area contributed by atoms with Crippen molar-refractivity contribution >= 4 is 28.6 Å². The molecule has 0 amide bonds. The van der Waals surface area contributed by atoms with Crippen LogP contribution in [0.4, 0.5) is 5.69 Å². The smallest absolute Gasteiger partial charge is 0.183 e. The van der Waals surface area contributed by atoms with E-state index in [1.54, 1.807) is 6.20 Å². The lowest BCUT2D eigenvalue weighted by molar-refractivity contribution is 0.306. The predicted molar refractivity (Wildman–Crippen MR) is 117 cm³/mol. The average Bonchev–Trinajstić information content (AvgIpc) is 3.17. The summed E-state index contributed by atoms with van der Waals surface area (Å²) in [7, 11) is 0. The minimum Gasteiger partial charge on any atom is -0.489 e. The van der Waals surface area contributed by atoms with Crippen molar-refractivity contribution in [2.75, 3.05) is 5.32 Å². The van der Waals surface area contributed by atoms with E-state index in [0.717, 1.165) is 34.0 Å². The molecule has 0 aliphatic rings. The number of thiazole rings is 1. The molecule has 0 fully saturated rings. The van der Waals surface area contributed by atoms with Gasteiger partial charge < -0.3 is 10.1 Å². The van der Waals surface area contributed by atoms with Crippen LogP contribution in [0.2, 0.25) is 4.47 Å². The second kappa shape index (κ2) is 8.91. The van der Waals surface area contributed by atoms with E-state index in [4.69, 9.17) is 16.3 Å². The van der Waals surface area contributed by atoms with Gasteiger partial charge in [-0.2, -0.15) is 0 Å². The first kappa shape index (κ1) is 18.5. The standard InChI is InChI=1S/C23H19ClN2OS/c24-23-26-15-22(28-23)14-25-20-10-6-18(7-11-20)19-8-12-21(13-9-19)27-16-17-4-2-1-3-5-17/h1-13,15,25H,14,16H2. The van der Waals surface area contributed by atoms with Crippen LogP contribution in [0.25, 0.3) is 11.1 Å². The van der Waals surface area contributed by atoms with Gasteiger partial charge in [-0.1, -0.05) is 66.2 Å². The molecule has 0 atom stereocenters. The Kier molecular flexibility index (Phi) is 5.90. The van der Waals surface area contributed by atoms with Crippen molar-refractivity contribution in [3.8, 4) is 16.9 Å². The van der Waals surface area contributed by atoms with E-state index in [2.05, 4.69) is 58.8 Å². The van der Waals surface area contributed by atoms with E-state index in [0.29, 0.717) is 11.1 Å². The number of rotatable bonds is 7. The zero-order valence-electron chi connectivity index (χ0n) is 15.1. The summed E-state index contributed by atoms with van der Waals surface area (Å²) < 4.78 is 6.43. The number of aromatic nitrogens is 1. The third kappa shape index (κ3) is 4.91. The Labute approximate surface area is 173 Å². The van der Waals surface area contributed by atoms with Gasteiger partial charge in [-0.25, -0.2) is 4.98 Å². The molecule has 1 heterocycles. The molecule has 0 saturated heterocycles. The predicted octanol–water partition coefficient (Wildman–Crippen LogP) is 6.65. The van der Waals surface area contributed by atoms with E-state index in [9.17, 15) is 0 Å². The monoisotopic (exact) mass is 406 g/mol. The molecule has 0 bridgehead atoms. The van der Waals surface area contributed by atoms with E-state index < -0.39 is 0 Å². The Bertz CT molecular complexity index is 1010. The summed E-state index contributed by atoms with van der Waals surface area (Å²) in [5.74, 6) is 0.870. The normalized spacial score (nSPS) is 10.6. The lowest BCUT2D eigenvalue weighted by Crippen LogP contribution is -1.97. The van der Waals surface area contributed by atoms with Gasteiger partial charge in [0.2, 0.25) is 0 Å². The zero-order chi connectivity index (χ0) is 19.2. The molecule has 5 heteroatoms. The van der Waals surface area contributed by atoms with Crippen molar-refractivity contribution in [2.45, 2.75) is 13.2 Å². The van der Waals surface area contributed by atoms with Crippen molar-refractivity contribution in [1.29, 1.82) is 0 Å². The minimum absolute atomic E-state index is 0.573. The highest BCUT2D eigenvalue weighted by atomic mass is 35.5. The van der Waals surface area contributed by atoms with Crippen molar-refractivity contribution in [3.05, 3.63) is 100.0 Å². The van der Waals surface area contributed by atoms with Gasteiger partial charge in [0.05, 0.1) is 6.54 Å². The van der Waals surface area contributed by atoms with Crippen molar-refractivity contribution in [2.24, 2.45) is 0 Å². The molecule has 0 radical (unpaired) electrons. The fraction of sp³-hybridized carbons (Fsp3) is 0.0870. The maximum absolute atomic E-state index is 5.86. The Balaban J connectivity index is 1.34. The summed E-state index contributed by atoms with van der Waals surface area (Å²) in [6.45, 7) is 1.29. The SMILES string of the molecule is Clc1ncc(CNc2ccc(-c3ccc(OCc4ccccc4)cc3)cc2)s1. The first-order valence-electron chi connectivity index (χ1n) is 8.97. The summed E-state index contributed by atoms with van der Waals surface area (Å²) in [5, 5.41) is 3.39. The highest BCUT2D eigenvalue weighted by Crippen LogP contribution is 2.25. The van der Waals surface area contributed by atoms with Crippen LogP contribution in [0.15, 0.2) is 85.1 Å². The number of halogens is 1. The van der Waals surface area contributed by atoms with Crippen molar-refractivity contribution in [1.82, 2.24) is 4.98 Å². The van der Waals surface area contributed by atoms with Gasteiger partial charge in [0.1, 0.15) is 12.4 Å². The van der Waals surface area contributed by atoms with Crippen LogP contribution in [0.3, 0.4) is 0 Å². The minimum atomic E-state index is 0.573. The molecule has 0 unspecified atom stereocenters. The third-order valence-corrected chi connectivity index (χ3v) is 5.43. The van der Waals surface area contributed by atoms with Crippen molar-refractivity contribution < 1.29 is 4.74 Å². The number of nitrogens with zero attached hydrogens (tertiary/aromatic N) is 1. The van der Waals surface area contributed by atoms with Crippen LogP contribution in [-0.2, 0) is 13.2 Å². The molecule has 0 saturated carbocycles. The average molecular weight is 407 g/mol. The van der Waals surface area contributed by atoms with Gasteiger partial charge >= 0.3 is 0 Å². The van der Waals surface area contributed by atoms with Crippen LogP contribution < -0.4 is 10.1 Å². The Hall–Kier alpha value is -2.82. The molecule has 4 aromatic rings. The lowest BCUT2D eigenvalue weighted by atomic mass is 10.1. The highest BCUT2D eigenvalue weighted by molar-refractivity contribution is 7.15. The Morgan fingerprint density at radius 2 is 1.54 bits per heavy atom. The van der Waals surface area contributed by atoms with Gasteiger partial charge in [-0.15, -0.1) is 11.3 Å². The molecule has 28 heavy (non-hydrogen) atoms. The summed E-state index contributed by atoms with van der Waals surface area (Å²) in [4.78, 5) is 5.17. The van der Waals surface area contributed by atoms with Crippen LogP contribution >= 0.6 is 22.9 Å². The number of ether oxygens (including phenoxy) is 1. The van der Waals surface area contributed by atoms with E-state index in [1.807, 2.05) is 30.3 Å². The Morgan fingerprint density at radius 1 is 0.857 bits per heavy atom. The number of benzene rings is 3. The molecular formula is C23H19ClN2OS. The topological polar surface area (TPSA) is 34.2 Å². The van der Waals surface area contributed by atoms with Crippen LogP contribution in [0, 0.1) is 0 Å². The maximum Gasteiger partial charge on any atom is 0.183 e. The molecule has 140 valence electrons. The molecular weight excluding hydrogens is 388 g/mol. The summed E-state index contributed by atoms with van der Waals surface area (Å²) in [5.41, 5.74) is 4.56. The van der Waals surface area contributed by atoms with Gasteiger partial charge in [0.25, 0.3) is 0 Å². The molecule has 1 aromatic heterocycles. The molecule has 3 aromatic carbocycles. The van der Waals surface area contributed by atoms with E-state index in [-0.39, 0.29) is 0 Å². The molecule has 4 rings (SSSR count). The second-order valence-corrected chi connectivity index (χ2v) is 8.01. The van der Waals surface area contributed by atoms with Gasteiger partial charge in [-0.05, 0) is 41.0 Å². The van der Waals surface area contributed by atoms with Gasteiger partial charge in [-0.3, -0.25) is 0 Å². The summed E-state index contributed by atoms with van der Waals surface area (Å²) in [6, 6.07) is 26.8. The lowest BCUT2D eigenvalue weighted by Gasteiger charge is -2.09. The molecule has 0 aliphatic carbocycles. The summed E-state index contributed by atoms with van der Waals surface area (Å²) in [6.07, 6.45) is 1.80. The molecule has 3 nitrogen and oxygen atoms in total. The zero-order valence-corrected chi connectivity index (χ0v) is 16.7. The number of anilines is 1. The second-order valence-electron chi connectivity index (χ2n) is 6.31. The van der Waals surface area contributed by atoms with Crippen LogP contribution in [0.1, 0.15) is 10.4 Å². The van der Waals surface area contributed by atoms with Crippen molar-refractivity contribution in [3.63, 3.8) is 0 Å². The first-order chi connectivity index (χ1) is 13.8. The fourth-order valence-corrected chi connectivity index (χ4v) is 3.74. The van der Waals surface area contributed by atoms with E-state index in [1.165, 1.54) is 16.9 Å². The van der Waals surface area contributed by atoms with Crippen LogP contribution in [0.5, 0.6) is 5.75 Å². The van der Waals surface area contributed by atoms with Gasteiger partial charge in [0, 0.05) is 16.8 Å². The first-order valence-corrected chi connectivity index (χ1v) is 10.2. The fourth-order valence-electron chi connectivity index (χ4n) is 2.82. The molecule has 0 spiro atoms. The molecule has 0 aliphatic heterocycles. The maximum atomic E-state index is 5.86.